The molecule has 1 aliphatic carbocycles. The maximum absolute atomic E-state index is 3.53. The van der Waals surface area contributed by atoms with E-state index < -0.39 is 0 Å². The number of rotatable bonds is 16. The molecule has 4 nitrogen and oxygen atoms in total. The summed E-state index contributed by atoms with van der Waals surface area (Å²) in [6.45, 7) is 7.77. The van der Waals surface area contributed by atoms with Gasteiger partial charge >= 0.3 is 0 Å². The highest BCUT2D eigenvalue weighted by atomic mass is 14.9. The third-order valence-electron chi connectivity index (χ3n) is 5.46. The highest BCUT2D eigenvalue weighted by Gasteiger charge is 2.19. The van der Waals surface area contributed by atoms with Crippen LogP contribution in [-0.4, -0.2) is 39.8 Å². The summed E-state index contributed by atoms with van der Waals surface area (Å²) in [5, 5.41) is 13.6. The topological polar surface area (TPSA) is 48.1 Å². The highest BCUT2D eigenvalue weighted by molar-refractivity contribution is 5.14. The fourth-order valence-electron chi connectivity index (χ4n) is 3.34. The van der Waals surface area contributed by atoms with Crippen molar-refractivity contribution in [2.45, 2.75) is 51.6 Å². The molecule has 4 heteroatoms. The summed E-state index contributed by atoms with van der Waals surface area (Å²) in [5.41, 5.74) is 2.74. The van der Waals surface area contributed by atoms with Crippen LogP contribution in [0.2, 0.25) is 0 Å². The van der Waals surface area contributed by atoms with Crippen LogP contribution in [0.5, 0.6) is 0 Å². The molecule has 0 saturated heterocycles. The molecular formula is C27H44N4. The molecule has 2 aromatic carbocycles. The van der Waals surface area contributed by atoms with Crippen LogP contribution >= 0.6 is 0 Å². The van der Waals surface area contributed by atoms with Crippen LogP contribution < -0.4 is 21.3 Å². The minimum atomic E-state index is 0.987. The van der Waals surface area contributed by atoms with Crippen molar-refractivity contribution in [3.8, 4) is 0 Å². The molecule has 0 aromatic heterocycles. The van der Waals surface area contributed by atoms with Crippen LogP contribution in [0, 0.1) is 5.92 Å². The minimum Gasteiger partial charge on any atom is -0.320 e. The molecule has 0 amide bonds. The van der Waals surface area contributed by atoms with Gasteiger partial charge in [-0.3, -0.25) is 0 Å². The van der Waals surface area contributed by atoms with Gasteiger partial charge in [0.2, 0.25) is 0 Å². The Balaban J connectivity index is 0.000000225. The van der Waals surface area contributed by atoms with Crippen molar-refractivity contribution in [3.63, 3.8) is 0 Å². The summed E-state index contributed by atoms with van der Waals surface area (Å²) in [6.07, 6.45) is 7.95. The zero-order chi connectivity index (χ0) is 21.8. The van der Waals surface area contributed by atoms with Crippen LogP contribution in [0.25, 0.3) is 0 Å². The molecule has 31 heavy (non-hydrogen) atoms. The van der Waals surface area contributed by atoms with Gasteiger partial charge in [-0.15, -0.1) is 0 Å². The van der Waals surface area contributed by atoms with E-state index in [1.54, 1.807) is 0 Å². The molecule has 0 atom stereocenters. The van der Waals surface area contributed by atoms with Gasteiger partial charge in [0.05, 0.1) is 0 Å². The Labute approximate surface area is 190 Å². The average Bonchev–Trinajstić information content (AvgIpc) is 3.64. The van der Waals surface area contributed by atoms with E-state index in [9.17, 15) is 0 Å². The second kappa shape index (κ2) is 17.9. The van der Waals surface area contributed by atoms with Gasteiger partial charge in [-0.05, 0) is 95.3 Å². The molecule has 0 unspecified atom stereocenters. The first-order valence-electron chi connectivity index (χ1n) is 12.2. The van der Waals surface area contributed by atoms with E-state index in [0.29, 0.717) is 0 Å². The van der Waals surface area contributed by atoms with Gasteiger partial charge in [-0.2, -0.15) is 0 Å². The predicted octanol–water partition coefficient (Wildman–Crippen LogP) is 4.33. The van der Waals surface area contributed by atoms with Crippen molar-refractivity contribution >= 4 is 0 Å². The maximum Gasteiger partial charge on any atom is 0.0205 e. The second-order valence-corrected chi connectivity index (χ2v) is 8.49. The lowest BCUT2D eigenvalue weighted by molar-refractivity contribution is 0.568. The summed E-state index contributed by atoms with van der Waals surface area (Å²) in [4.78, 5) is 0. The first kappa shape index (κ1) is 25.5. The zero-order valence-electron chi connectivity index (χ0n) is 19.5. The molecule has 0 heterocycles. The number of benzene rings is 2. The zero-order valence-corrected chi connectivity index (χ0v) is 19.5. The fraction of sp³-hybridized carbons (Fsp3) is 0.556. The molecule has 1 saturated carbocycles. The number of hydrogen-bond donors (Lipinski definition) is 4. The van der Waals surface area contributed by atoms with Crippen LogP contribution in [0.15, 0.2) is 60.7 Å². The standard InChI is InChI=1S/C15H24N2.C12H20N2/c1-2-6-14(7-3-1)12-16-10-4-5-11-17-13-15-8-9-15;1-13-9-5-6-10-14-11-12-7-3-2-4-8-12/h1-3,6-7,15-17H,4-5,8-13H2;2-4,7-8,13-14H,5-6,9-11H2,1H3. The van der Waals surface area contributed by atoms with E-state index in [-0.39, 0.29) is 0 Å². The monoisotopic (exact) mass is 424 g/mol. The van der Waals surface area contributed by atoms with Crippen LogP contribution in [-0.2, 0) is 13.1 Å². The molecule has 0 bridgehead atoms. The molecule has 1 fully saturated rings. The van der Waals surface area contributed by atoms with E-state index in [1.165, 1.54) is 62.7 Å². The van der Waals surface area contributed by atoms with Crippen LogP contribution in [0.4, 0.5) is 0 Å². The van der Waals surface area contributed by atoms with Crippen molar-refractivity contribution in [3.05, 3.63) is 71.8 Å². The minimum absolute atomic E-state index is 0.987. The van der Waals surface area contributed by atoms with E-state index >= 15 is 0 Å². The van der Waals surface area contributed by atoms with Gasteiger partial charge in [0.25, 0.3) is 0 Å². The smallest absolute Gasteiger partial charge is 0.0205 e. The Morgan fingerprint density at radius 3 is 1.52 bits per heavy atom. The van der Waals surface area contributed by atoms with Gasteiger partial charge in [-0.1, -0.05) is 60.7 Å². The lowest BCUT2D eigenvalue weighted by atomic mass is 10.2. The van der Waals surface area contributed by atoms with E-state index in [2.05, 4.69) is 81.9 Å². The molecule has 2 aromatic rings. The van der Waals surface area contributed by atoms with Crippen LogP contribution in [0.3, 0.4) is 0 Å². The van der Waals surface area contributed by atoms with Crippen molar-refractivity contribution in [2.75, 3.05) is 39.8 Å². The summed E-state index contributed by atoms with van der Waals surface area (Å²) < 4.78 is 0. The number of hydrogen-bond acceptors (Lipinski definition) is 4. The Kier molecular flexibility index (Phi) is 14.8. The van der Waals surface area contributed by atoms with Crippen LogP contribution in [0.1, 0.15) is 49.7 Å². The molecule has 172 valence electrons. The summed E-state index contributed by atoms with van der Waals surface area (Å²) in [7, 11) is 2.00. The van der Waals surface area contributed by atoms with Crippen molar-refractivity contribution in [2.24, 2.45) is 5.92 Å². The summed E-state index contributed by atoms with van der Waals surface area (Å²) in [5.74, 6) is 1.01. The Hall–Kier alpha value is -1.72. The molecule has 0 radical (unpaired) electrons. The Morgan fingerprint density at radius 2 is 1.06 bits per heavy atom. The predicted molar refractivity (Wildman–Crippen MR) is 134 cm³/mol. The van der Waals surface area contributed by atoms with E-state index in [1.807, 2.05) is 7.05 Å². The number of nitrogens with one attached hydrogen (secondary N) is 4. The third kappa shape index (κ3) is 14.8. The largest absolute Gasteiger partial charge is 0.320 e. The highest BCUT2D eigenvalue weighted by Crippen LogP contribution is 2.27. The SMILES string of the molecule is CNCCCCNCc1ccccc1.c1ccc(CNCCCCNCC2CC2)cc1. The van der Waals surface area contributed by atoms with Gasteiger partial charge in [0, 0.05) is 13.1 Å². The second-order valence-electron chi connectivity index (χ2n) is 8.49. The maximum atomic E-state index is 3.53. The van der Waals surface area contributed by atoms with E-state index in [4.69, 9.17) is 0 Å². The summed E-state index contributed by atoms with van der Waals surface area (Å²) >= 11 is 0. The molecular weight excluding hydrogens is 380 g/mol. The van der Waals surface area contributed by atoms with E-state index in [0.717, 1.165) is 38.6 Å². The lowest BCUT2D eigenvalue weighted by Gasteiger charge is -2.05. The fourth-order valence-corrected chi connectivity index (χ4v) is 3.34. The Morgan fingerprint density at radius 1 is 0.613 bits per heavy atom. The van der Waals surface area contributed by atoms with Gasteiger partial charge in [0.1, 0.15) is 0 Å². The molecule has 4 N–H and O–H groups in total. The van der Waals surface area contributed by atoms with Crippen molar-refractivity contribution < 1.29 is 0 Å². The average molecular weight is 425 g/mol. The first-order valence-corrected chi connectivity index (χ1v) is 12.2. The third-order valence-corrected chi connectivity index (χ3v) is 5.46. The molecule has 0 aliphatic heterocycles. The van der Waals surface area contributed by atoms with Crippen molar-refractivity contribution in [1.29, 1.82) is 0 Å². The van der Waals surface area contributed by atoms with Gasteiger partial charge in [0.15, 0.2) is 0 Å². The number of unbranched alkanes of at least 4 members (excludes halogenated alkanes) is 2. The normalized spacial score (nSPS) is 12.9. The lowest BCUT2D eigenvalue weighted by Crippen LogP contribution is -2.20. The Bertz CT molecular complexity index is 628. The van der Waals surface area contributed by atoms with Crippen molar-refractivity contribution in [1.82, 2.24) is 21.3 Å². The molecule has 3 rings (SSSR count). The molecule has 1 aliphatic rings. The van der Waals surface area contributed by atoms with Gasteiger partial charge < -0.3 is 21.3 Å². The first-order chi connectivity index (χ1) is 15.4. The quantitative estimate of drug-likeness (QED) is 0.303. The summed E-state index contributed by atoms with van der Waals surface area (Å²) in [6, 6.07) is 21.1. The van der Waals surface area contributed by atoms with Gasteiger partial charge in [-0.25, -0.2) is 0 Å². The molecule has 0 spiro atoms.